The Bertz CT molecular complexity index is 13.5. The lowest BCUT2D eigenvalue weighted by Crippen LogP contribution is -2.07. The summed E-state index contributed by atoms with van der Waals surface area (Å²) in [5.41, 5.74) is 0. The molecule has 0 aliphatic heterocycles. The lowest BCUT2D eigenvalue weighted by atomic mass is 10.3. The van der Waals surface area contributed by atoms with Crippen molar-refractivity contribution in [3.8, 4) is 0 Å². The zero-order valence-electron chi connectivity index (χ0n) is 3.33. The van der Waals surface area contributed by atoms with Crippen LogP contribution in [0.15, 0.2) is 0 Å². The van der Waals surface area contributed by atoms with Crippen LogP contribution in [0.5, 0.6) is 0 Å². The normalized spacial score (nSPS) is 4.50. The number of hydrogen-bond acceptors (Lipinski definition) is 5. The predicted molar refractivity (Wildman–Crippen MR) is 22.5 cm³/mol. The fraction of sp³-hybridized carbons (Fsp3) is 0. The molecule has 0 aromatic rings. The molecule has 5 nitrogen and oxygen atoms in total. The first kappa shape index (κ1) is 16.9. The molecule has 0 atom stereocenters. The minimum Gasteiger partial charge on any atom is -0.402 e. The van der Waals surface area contributed by atoms with Crippen molar-refractivity contribution in [2.24, 2.45) is 0 Å². The molecule has 0 aliphatic carbocycles. The van der Waals surface area contributed by atoms with E-state index in [9.17, 15) is 0 Å². The Hall–Kier alpha value is -0.135. The summed E-state index contributed by atoms with van der Waals surface area (Å²) in [6, 6.07) is 0. The summed E-state index contributed by atoms with van der Waals surface area (Å²) in [7, 11) is -2.17. The average molecular weight is 95.9 g/mol. The summed E-state index contributed by atoms with van der Waals surface area (Å²) in [6.07, 6.45) is 0. The molecule has 0 amide bonds. The van der Waals surface area contributed by atoms with E-state index in [1.54, 1.807) is 0 Å². The fourth-order valence-corrected chi connectivity index (χ4v) is 0. The van der Waals surface area contributed by atoms with Gasteiger partial charge in [-0.1, -0.05) is 0 Å². The van der Waals surface area contributed by atoms with Gasteiger partial charge in [0.05, 0.1) is 0 Å². The molecule has 0 saturated heterocycles. The van der Waals surface area contributed by atoms with Gasteiger partial charge < -0.3 is 27.4 Å². The maximum absolute atomic E-state index is 7.17. The maximum Gasteiger partial charge on any atom is 0.631 e. The minimum atomic E-state index is -2.17. The molecule has 40 valence electrons. The van der Waals surface area contributed by atoms with Crippen LogP contribution in [-0.4, -0.2) is 22.4 Å². The molecule has 0 rings (SSSR count). The summed E-state index contributed by atoms with van der Waals surface area (Å²) in [4.78, 5) is 0. The van der Waals surface area contributed by atoms with E-state index in [-0.39, 0.29) is 12.3 Å². The molecule has 0 aliphatic rings. The monoisotopic (exact) mass is 96.1 g/mol. The molecule has 0 bridgehead atoms. The van der Waals surface area contributed by atoms with E-state index in [4.69, 9.17) is 15.1 Å². The smallest absolute Gasteiger partial charge is 0.402 e. The zero-order valence-corrected chi connectivity index (χ0v) is 3.33. The van der Waals surface area contributed by atoms with Gasteiger partial charge in [-0.15, -0.1) is 0 Å². The molecule has 6 heavy (non-hydrogen) atoms. The third kappa shape index (κ3) is 1740. The summed E-state index contributed by atoms with van der Waals surface area (Å²) in [5, 5.41) is 21.5. The zero-order chi connectivity index (χ0) is 3.58. The Labute approximate surface area is 36.0 Å². The highest BCUT2D eigenvalue weighted by Crippen LogP contribution is 1.40. The van der Waals surface area contributed by atoms with Crippen LogP contribution in [0.3, 0.4) is 0 Å². The first-order valence-corrected chi connectivity index (χ1v) is 0.775. The van der Waals surface area contributed by atoms with E-state index in [0.29, 0.717) is 0 Å². The lowest BCUT2D eigenvalue weighted by Gasteiger charge is -1.69. The fourth-order valence-electron chi connectivity index (χ4n) is 0. The Kier molecular flexibility index (Phi) is 25.0. The van der Waals surface area contributed by atoms with Crippen LogP contribution in [0, 0.1) is 0 Å². The van der Waals surface area contributed by atoms with Gasteiger partial charge in [-0.05, 0) is 0 Å². The van der Waals surface area contributed by atoms with E-state index < -0.39 is 7.32 Å². The van der Waals surface area contributed by atoms with Crippen molar-refractivity contribution in [1.29, 1.82) is 0 Å². The van der Waals surface area contributed by atoms with E-state index >= 15 is 0 Å². The summed E-state index contributed by atoms with van der Waals surface area (Å²) >= 11 is 0. The first-order valence-electron chi connectivity index (χ1n) is 0.775. The highest BCUT2D eigenvalue weighted by molar-refractivity contribution is 6.30. The molecule has 0 fully saturated rings. The first-order chi connectivity index (χ1) is 1.73. The van der Waals surface area contributed by atoms with Crippen LogP contribution in [0.1, 0.15) is 0 Å². The van der Waals surface area contributed by atoms with Gasteiger partial charge in [0, 0.05) is 0 Å². The molecule has 0 aromatic heterocycles. The van der Waals surface area contributed by atoms with Crippen molar-refractivity contribution in [3.63, 3.8) is 0 Å². The Morgan fingerprint density at radius 3 is 0.833 bits per heavy atom. The summed E-state index contributed by atoms with van der Waals surface area (Å²) in [5.74, 6) is 0. The van der Waals surface area contributed by atoms with Crippen molar-refractivity contribution < 1.29 is 15.1 Å². The van der Waals surface area contributed by atoms with Crippen LogP contribution in [0.4, 0.5) is 0 Å². The largest absolute Gasteiger partial charge is 0.631 e. The van der Waals surface area contributed by atoms with Crippen LogP contribution >= 0.6 is 0 Å². The molecule has 0 unspecified atom stereocenters. The quantitative estimate of drug-likeness (QED) is 0.229. The van der Waals surface area contributed by atoms with Crippen LogP contribution < -0.4 is 12.3 Å². The molecule has 0 spiro atoms. The van der Waals surface area contributed by atoms with Gasteiger partial charge in [-0.3, -0.25) is 0 Å². The van der Waals surface area contributed by atoms with Gasteiger partial charge in [0.1, 0.15) is 0 Å². The second-order valence-electron chi connectivity index (χ2n) is 0.346. The average Bonchev–Trinajstić information content (AvgIpc) is 0.811. The molecular weight excluding hydrogens is 86.8 g/mol. The van der Waals surface area contributed by atoms with E-state index in [0.717, 1.165) is 0 Å². The Morgan fingerprint density at radius 1 is 0.833 bits per heavy atom. The molecular formula is H9BN2O3. The van der Waals surface area contributed by atoms with Gasteiger partial charge in [0.15, 0.2) is 0 Å². The third-order valence-electron chi connectivity index (χ3n) is 0. The second kappa shape index (κ2) is 8.85. The number of rotatable bonds is 0. The second-order valence-corrected chi connectivity index (χ2v) is 0.346. The van der Waals surface area contributed by atoms with Crippen molar-refractivity contribution >= 4 is 7.32 Å². The van der Waals surface area contributed by atoms with Gasteiger partial charge in [-0.2, -0.15) is 0 Å². The van der Waals surface area contributed by atoms with Gasteiger partial charge in [0.2, 0.25) is 0 Å². The van der Waals surface area contributed by atoms with Gasteiger partial charge in [0.25, 0.3) is 0 Å². The van der Waals surface area contributed by atoms with Gasteiger partial charge in [-0.25, -0.2) is 0 Å². The van der Waals surface area contributed by atoms with Gasteiger partial charge >= 0.3 is 7.32 Å². The van der Waals surface area contributed by atoms with E-state index in [1.807, 2.05) is 0 Å². The molecule has 0 aromatic carbocycles. The highest BCUT2D eigenvalue weighted by atomic mass is 16.5. The topological polar surface area (TPSA) is 131 Å². The van der Waals surface area contributed by atoms with Crippen molar-refractivity contribution in [2.45, 2.75) is 0 Å². The highest BCUT2D eigenvalue weighted by Gasteiger charge is 1.92. The van der Waals surface area contributed by atoms with Crippen molar-refractivity contribution in [2.75, 3.05) is 0 Å². The SMILES string of the molecule is N.N.OB(O)O. The molecule has 9 N–H and O–H groups in total. The van der Waals surface area contributed by atoms with E-state index in [2.05, 4.69) is 0 Å². The van der Waals surface area contributed by atoms with Crippen LogP contribution in [0.2, 0.25) is 0 Å². The Morgan fingerprint density at radius 2 is 0.833 bits per heavy atom. The van der Waals surface area contributed by atoms with Crippen molar-refractivity contribution in [1.82, 2.24) is 12.3 Å². The molecule has 6 heteroatoms. The summed E-state index contributed by atoms with van der Waals surface area (Å²) in [6.45, 7) is 0. The third-order valence-corrected chi connectivity index (χ3v) is 0. The number of hydrogen-bond donors (Lipinski definition) is 5. The maximum atomic E-state index is 7.17. The predicted octanol–water partition coefficient (Wildman–Crippen LogP) is -1.73. The standard InChI is InChI=1S/BH3O3.2H3N/c2-1(3)4;;/h2-4H;2*1H3. The lowest BCUT2D eigenvalue weighted by molar-refractivity contribution is 0.278. The molecule has 0 radical (unpaired) electrons. The van der Waals surface area contributed by atoms with Crippen molar-refractivity contribution in [3.05, 3.63) is 0 Å². The molecule has 0 saturated carbocycles. The van der Waals surface area contributed by atoms with Crippen LogP contribution in [-0.2, 0) is 0 Å². The van der Waals surface area contributed by atoms with Crippen LogP contribution in [0.25, 0.3) is 0 Å². The Balaban J connectivity index is -0.0000000450. The molecule has 0 heterocycles. The minimum absolute atomic E-state index is 0. The van der Waals surface area contributed by atoms with E-state index in [1.165, 1.54) is 0 Å². The summed E-state index contributed by atoms with van der Waals surface area (Å²) < 4.78 is 0.